The highest BCUT2D eigenvalue weighted by molar-refractivity contribution is 7.99. The lowest BCUT2D eigenvalue weighted by molar-refractivity contribution is -0.108. The number of hydrogen-bond acceptors (Lipinski definition) is 3. The number of ether oxygens (including phenoxy) is 1. The molecule has 3 heteroatoms. The Labute approximate surface area is 123 Å². The van der Waals surface area contributed by atoms with E-state index in [9.17, 15) is 0 Å². The van der Waals surface area contributed by atoms with E-state index in [1.54, 1.807) is 0 Å². The zero-order chi connectivity index (χ0) is 13.9. The highest BCUT2D eigenvalue weighted by Crippen LogP contribution is 2.42. The lowest BCUT2D eigenvalue weighted by Crippen LogP contribution is -2.48. The fourth-order valence-electron chi connectivity index (χ4n) is 3.67. The fraction of sp³-hybridized carbons (Fsp3) is 1.00. The van der Waals surface area contributed by atoms with Crippen molar-refractivity contribution in [2.24, 2.45) is 11.3 Å². The molecular formula is C16H31NOS. The molecule has 0 saturated carbocycles. The average Bonchev–Trinajstić information content (AvgIpc) is 2.36. The normalized spacial score (nSPS) is 29.4. The summed E-state index contributed by atoms with van der Waals surface area (Å²) in [5.74, 6) is 3.37. The first-order valence-electron chi connectivity index (χ1n) is 7.83. The minimum Gasteiger partial charge on any atom is -0.375 e. The van der Waals surface area contributed by atoms with E-state index in [1.807, 2.05) is 0 Å². The van der Waals surface area contributed by atoms with Gasteiger partial charge in [0, 0.05) is 12.6 Å². The van der Waals surface area contributed by atoms with Gasteiger partial charge < -0.3 is 10.1 Å². The summed E-state index contributed by atoms with van der Waals surface area (Å²) < 4.78 is 6.22. The Hall–Kier alpha value is 0.270. The monoisotopic (exact) mass is 285 g/mol. The van der Waals surface area contributed by atoms with Crippen molar-refractivity contribution in [2.45, 2.75) is 64.5 Å². The first kappa shape index (κ1) is 15.7. The number of rotatable bonds is 3. The van der Waals surface area contributed by atoms with Gasteiger partial charge in [0.1, 0.15) is 0 Å². The lowest BCUT2D eigenvalue weighted by atomic mass is 9.74. The van der Waals surface area contributed by atoms with Gasteiger partial charge in [-0.1, -0.05) is 20.8 Å². The van der Waals surface area contributed by atoms with Crippen LogP contribution in [0, 0.1) is 11.3 Å². The Morgan fingerprint density at radius 1 is 1.32 bits per heavy atom. The van der Waals surface area contributed by atoms with Crippen LogP contribution in [0.2, 0.25) is 0 Å². The van der Waals surface area contributed by atoms with Crippen molar-refractivity contribution in [3.8, 4) is 0 Å². The van der Waals surface area contributed by atoms with Crippen molar-refractivity contribution >= 4 is 11.8 Å². The third-order valence-electron chi connectivity index (χ3n) is 4.71. The molecule has 2 fully saturated rings. The molecular weight excluding hydrogens is 254 g/mol. The number of thioether (sulfide) groups is 1. The highest BCUT2D eigenvalue weighted by atomic mass is 32.2. The molecule has 0 bridgehead atoms. The van der Waals surface area contributed by atoms with Crippen LogP contribution in [0.4, 0.5) is 0 Å². The molecule has 1 N–H and O–H groups in total. The topological polar surface area (TPSA) is 21.3 Å². The first-order valence-corrected chi connectivity index (χ1v) is 8.99. The van der Waals surface area contributed by atoms with E-state index in [0.29, 0.717) is 11.5 Å². The molecule has 0 radical (unpaired) electrons. The molecule has 0 aromatic heterocycles. The van der Waals surface area contributed by atoms with Gasteiger partial charge in [-0.2, -0.15) is 11.8 Å². The Bertz CT molecular complexity index is 275. The summed E-state index contributed by atoms with van der Waals surface area (Å²) in [6.45, 7) is 8.02. The van der Waals surface area contributed by atoms with Crippen molar-refractivity contribution in [1.29, 1.82) is 0 Å². The molecule has 0 aromatic carbocycles. The van der Waals surface area contributed by atoms with Gasteiger partial charge in [0.15, 0.2) is 0 Å². The van der Waals surface area contributed by atoms with Crippen molar-refractivity contribution < 1.29 is 4.74 Å². The Morgan fingerprint density at radius 3 is 2.58 bits per heavy atom. The van der Waals surface area contributed by atoms with Crippen LogP contribution in [-0.2, 0) is 4.74 Å². The van der Waals surface area contributed by atoms with E-state index < -0.39 is 0 Å². The predicted molar refractivity (Wildman–Crippen MR) is 84.9 cm³/mol. The van der Waals surface area contributed by atoms with Gasteiger partial charge in [-0.25, -0.2) is 0 Å². The van der Waals surface area contributed by atoms with Gasteiger partial charge in [0.25, 0.3) is 0 Å². The summed E-state index contributed by atoms with van der Waals surface area (Å²) in [5.41, 5.74) is 0.628. The molecule has 0 aliphatic carbocycles. The second-order valence-corrected chi connectivity index (χ2v) is 8.78. The van der Waals surface area contributed by atoms with Crippen LogP contribution in [0.5, 0.6) is 0 Å². The van der Waals surface area contributed by atoms with E-state index in [0.717, 1.165) is 12.5 Å². The smallest absolute Gasteiger partial charge is 0.0701 e. The van der Waals surface area contributed by atoms with Gasteiger partial charge in [0.05, 0.1) is 5.60 Å². The first-order chi connectivity index (χ1) is 8.94. The molecule has 112 valence electrons. The van der Waals surface area contributed by atoms with Crippen LogP contribution in [0.25, 0.3) is 0 Å². The van der Waals surface area contributed by atoms with Crippen LogP contribution in [-0.4, -0.2) is 36.8 Å². The largest absolute Gasteiger partial charge is 0.375 e. The second-order valence-electron chi connectivity index (χ2n) is 7.56. The molecule has 2 nitrogen and oxygen atoms in total. The summed E-state index contributed by atoms with van der Waals surface area (Å²) in [7, 11) is 2.13. The third-order valence-corrected chi connectivity index (χ3v) is 5.69. The molecule has 0 aromatic rings. The lowest BCUT2D eigenvalue weighted by Gasteiger charge is -2.46. The standard InChI is InChI=1S/C16H31NOS/c1-15(2,3)12-14(17-4)13-5-8-18-16(11-13)6-9-19-10-7-16/h13-14,17H,5-12H2,1-4H3. The SMILES string of the molecule is CNC(CC(C)(C)C)C1CCOC2(CCSCC2)C1. The van der Waals surface area contributed by atoms with Crippen molar-refractivity contribution in [3.05, 3.63) is 0 Å². The Morgan fingerprint density at radius 2 is 2.00 bits per heavy atom. The summed E-state index contributed by atoms with van der Waals surface area (Å²) >= 11 is 2.09. The van der Waals surface area contributed by atoms with E-state index in [4.69, 9.17) is 4.74 Å². The second kappa shape index (κ2) is 6.36. The molecule has 2 saturated heterocycles. The van der Waals surface area contributed by atoms with Crippen LogP contribution < -0.4 is 5.32 Å². The van der Waals surface area contributed by atoms with Crippen LogP contribution in [0.3, 0.4) is 0 Å². The molecule has 2 atom stereocenters. The summed E-state index contributed by atoms with van der Waals surface area (Å²) in [6, 6.07) is 0.648. The van der Waals surface area contributed by atoms with Crippen LogP contribution >= 0.6 is 11.8 Å². The summed E-state index contributed by atoms with van der Waals surface area (Å²) in [5, 5.41) is 3.59. The number of hydrogen-bond donors (Lipinski definition) is 1. The zero-order valence-electron chi connectivity index (χ0n) is 13.1. The van der Waals surface area contributed by atoms with E-state index in [1.165, 1.54) is 43.6 Å². The van der Waals surface area contributed by atoms with Gasteiger partial charge in [0.2, 0.25) is 0 Å². The van der Waals surface area contributed by atoms with Crippen molar-refractivity contribution in [1.82, 2.24) is 5.32 Å². The van der Waals surface area contributed by atoms with Crippen LogP contribution in [0.15, 0.2) is 0 Å². The predicted octanol–water partition coefficient (Wildman–Crippen LogP) is 3.70. The van der Waals surface area contributed by atoms with E-state index in [2.05, 4.69) is 44.9 Å². The maximum absolute atomic E-state index is 6.22. The fourth-order valence-corrected chi connectivity index (χ4v) is 4.90. The van der Waals surface area contributed by atoms with Crippen molar-refractivity contribution in [3.63, 3.8) is 0 Å². The van der Waals surface area contributed by atoms with Gasteiger partial charge in [-0.15, -0.1) is 0 Å². The average molecular weight is 285 g/mol. The van der Waals surface area contributed by atoms with Crippen LogP contribution in [0.1, 0.15) is 52.9 Å². The van der Waals surface area contributed by atoms with Gasteiger partial charge in [-0.3, -0.25) is 0 Å². The highest BCUT2D eigenvalue weighted by Gasteiger charge is 2.41. The molecule has 1 spiro atoms. The Balaban J connectivity index is 1.98. The Kier molecular flexibility index (Phi) is 5.24. The summed E-state index contributed by atoms with van der Waals surface area (Å²) in [6.07, 6.45) is 6.30. The minimum absolute atomic E-state index is 0.223. The summed E-state index contributed by atoms with van der Waals surface area (Å²) in [4.78, 5) is 0. The maximum Gasteiger partial charge on any atom is 0.0701 e. The molecule has 2 unspecified atom stereocenters. The quantitative estimate of drug-likeness (QED) is 0.854. The van der Waals surface area contributed by atoms with Gasteiger partial charge in [-0.05, 0) is 62.0 Å². The van der Waals surface area contributed by atoms with E-state index >= 15 is 0 Å². The minimum atomic E-state index is 0.223. The zero-order valence-corrected chi connectivity index (χ0v) is 13.9. The van der Waals surface area contributed by atoms with E-state index in [-0.39, 0.29) is 5.60 Å². The molecule has 2 heterocycles. The molecule has 2 aliphatic heterocycles. The van der Waals surface area contributed by atoms with Crippen molar-refractivity contribution in [2.75, 3.05) is 25.2 Å². The number of nitrogens with one attached hydrogen (secondary N) is 1. The molecule has 2 rings (SSSR count). The maximum atomic E-state index is 6.22. The van der Waals surface area contributed by atoms with Gasteiger partial charge >= 0.3 is 0 Å². The molecule has 19 heavy (non-hydrogen) atoms. The third kappa shape index (κ3) is 4.37. The molecule has 0 amide bonds. The molecule has 2 aliphatic rings.